The summed E-state index contributed by atoms with van der Waals surface area (Å²) in [7, 11) is -3.95. The number of phosphoric acid groups is 1. The van der Waals surface area contributed by atoms with Crippen LogP contribution in [0.3, 0.4) is 0 Å². The van der Waals surface area contributed by atoms with Gasteiger partial charge in [0.2, 0.25) is 0 Å². The molecule has 0 amide bonds. The van der Waals surface area contributed by atoms with Crippen LogP contribution in [0.25, 0.3) is 0 Å². The number of para-hydroxylation sites is 2. The van der Waals surface area contributed by atoms with Crippen molar-refractivity contribution < 1.29 is 27.7 Å². The molecule has 0 unspecified atom stereocenters. The highest BCUT2D eigenvalue weighted by Gasteiger charge is 2.30. The second kappa shape index (κ2) is 8.91. The van der Waals surface area contributed by atoms with Gasteiger partial charge in [0.25, 0.3) is 0 Å². The molecular weight excluding hydrogens is 331 g/mol. The number of hydrogen-bond acceptors (Lipinski definition) is 6. The summed E-state index contributed by atoms with van der Waals surface area (Å²) >= 11 is 0. The fraction of sp³-hybridized carbons (Fsp3) is 0.118. The van der Waals surface area contributed by atoms with Gasteiger partial charge in [-0.2, -0.15) is 0 Å². The van der Waals surface area contributed by atoms with Gasteiger partial charge in [-0.3, -0.25) is 4.52 Å². The Kier molecular flexibility index (Phi) is 6.61. The van der Waals surface area contributed by atoms with Gasteiger partial charge in [0.05, 0.1) is 6.61 Å². The number of ether oxygens (including phenoxy) is 1. The molecule has 0 bridgehead atoms. The molecule has 2 aromatic rings. The van der Waals surface area contributed by atoms with E-state index in [-0.39, 0.29) is 13.2 Å². The molecule has 2 rings (SSSR count). The molecule has 6 nitrogen and oxygen atoms in total. The topological polar surface area (TPSA) is 71.1 Å². The highest BCUT2D eigenvalue weighted by molar-refractivity contribution is 7.49. The molecule has 0 aliphatic carbocycles. The molecule has 0 aromatic heterocycles. The van der Waals surface area contributed by atoms with Crippen molar-refractivity contribution in [2.24, 2.45) is 0 Å². The van der Waals surface area contributed by atoms with E-state index in [1.165, 1.54) is 0 Å². The smallest absolute Gasteiger partial charge is 0.460 e. The lowest BCUT2D eigenvalue weighted by Gasteiger charge is -2.19. The maximum atomic E-state index is 12.8. The first-order valence-electron chi connectivity index (χ1n) is 7.14. The number of rotatable bonds is 9. The average molecular weight is 348 g/mol. The molecule has 0 atom stereocenters. The highest BCUT2D eigenvalue weighted by Crippen LogP contribution is 2.49. The van der Waals surface area contributed by atoms with Gasteiger partial charge < -0.3 is 13.8 Å². The number of carbonyl (C=O) groups excluding carboxylic acids is 1. The van der Waals surface area contributed by atoms with Crippen molar-refractivity contribution in [1.29, 1.82) is 0 Å². The Morgan fingerprint density at radius 1 is 0.917 bits per heavy atom. The Labute approximate surface area is 140 Å². The Morgan fingerprint density at radius 3 is 1.88 bits per heavy atom. The summed E-state index contributed by atoms with van der Waals surface area (Å²) < 4.78 is 33.6. The number of carbonyl (C=O) groups is 1. The van der Waals surface area contributed by atoms with E-state index in [9.17, 15) is 9.36 Å². The summed E-state index contributed by atoms with van der Waals surface area (Å²) in [5, 5.41) is 0. The van der Waals surface area contributed by atoms with Crippen LogP contribution in [0, 0.1) is 0 Å². The number of phosphoric ester groups is 1. The lowest BCUT2D eigenvalue weighted by atomic mass is 10.3. The quantitative estimate of drug-likeness (QED) is 0.295. The predicted molar refractivity (Wildman–Crippen MR) is 88.9 cm³/mol. The summed E-state index contributed by atoms with van der Waals surface area (Å²) in [6.45, 7) is 3.02. The molecule has 24 heavy (non-hydrogen) atoms. The van der Waals surface area contributed by atoms with E-state index in [2.05, 4.69) is 6.58 Å². The van der Waals surface area contributed by atoms with Gasteiger partial charge in [-0.15, -0.1) is 0 Å². The normalized spacial score (nSPS) is 10.7. The number of benzene rings is 2. The zero-order chi connectivity index (χ0) is 17.3. The van der Waals surface area contributed by atoms with E-state index >= 15 is 0 Å². The van der Waals surface area contributed by atoms with Crippen LogP contribution < -0.4 is 9.05 Å². The third-order valence-electron chi connectivity index (χ3n) is 2.66. The first-order chi connectivity index (χ1) is 11.6. The zero-order valence-electron chi connectivity index (χ0n) is 12.9. The Bertz CT molecular complexity index is 656. The molecule has 0 aliphatic heterocycles. The Morgan fingerprint density at radius 2 is 1.42 bits per heavy atom. The van der Waals surface area contributed by atoms with E-state index in [1.54, 1.807) is 60.7 Å². The first kappa shape index (κ1) is 17.8. The second-order valence-electron chi connectivity index (χ2n) is 4.46. The monoisotopic (exact) mass is 348 g/mol. The lowest BCUT2D eigenvalue weighted by molar-refractivity contribution is -0.138. The van der Waals surface area contributed by atoms with Crippen molar-refractivity contribution >= 4 is 13.8 Å². The molecule has 7 heteroatoms. The summed E-state index contributed by atoms with van der Waals surface area (Å²) in [6, 6.07) is 17.0. The standard InChI is InChI=1S/C17H17O6P/c1-2-17(18)20-13-14-21-24(19,22-15-9-5-3-6-10-15)23-16-11-7-4-8-12-16/h2-12H,1,13-14H2. The van der Waals surface area contributed by atoms with Crippen molar-refractivity contribution in [3.05, 3.63) is 73.3 Å². The minimum Gasteiger partial charge on any atom is -0.460 e. The fourth-order valence-electron chi connectivity index (χ4n) is 1.64. The predicted octanol–water partition coefficient (Wildman–Crippen LogP) is 4.00. The van der Waals surface area contributed by atoms with E-state index in [0.717, 1.165) is 6.08 Å². The molecule has 2 aromatic carbocycles. The van der Waals surface area contributed by atoms with E-state index in [1.807, 2.05) is 0 Å². The van der Waals surface area contributed by atoms with Gasteiger partial charge >= 0.3 is 13.8 Å². The Hall–Kier alpha value is -2.56. The molecule has 0 radical (unpaired) electrons. The minimum atomic E-state index is -3.95. The molecule has 0 saturated carbocycles. The van der Waals surface area contributed by atoms with Gasteiger partial charge in [-0.1, -0.05) is 43.0 Å². The van der Waals surface area contributed by atoms with Gasteiger partial charge in [0, 0.05) is 6.08 Å². The highest BCUT2D eigenvalue weighted by atomic mass is 31.2. The molecule has 0 N–H and O–H groups in total. The van der Waals surface area contributed by atoms with Crippen molar-refractivity contribution in [1.82, 2.24) is 0 Å². The van der Waals surface area contributed by atoms with Gasteiger partial charge in [-0.25, -0.2) is 9.36 Å². The maximum absolute atomic E-state index is 12.8. The molecule has 126 valence electrons. The molecule has 0 aliphatic rings. The fourth-order valence-corrected chi connectivity index (χ4v) is 2.84. The lowest BCUT2D eigenvalue weighted by Crippen LogP contribution is -2.11. The van der Waals surface area contributed by atoms with E-state index in [4.69, 9.17) is 18.3 Å². The summed E-state index contributed by atoms with van der Waals surface area (Å²) in [4.78, 5) is 11.0. The summed E-state index contributed by atoms with van der Waals surface area (Å²) in [5.74, 6) is 0.0705. The Balaban J connectivity index is 2.04. The summed E-state index contributed by atoms with van der Waals surface area (Å²) in [6.07, 6.45) is 1.03. The van der Waals surface area contributed by atoms with E-state index in [0.29, 0.717) is 11.5 Å². The number of hydrogen-bond donors (Lipinski definition) is 0. The van der Waals surface area contributed by atoms with Crippen LogP contribution in [0.1, 0.15) is 0 Å². The van der Waals surface area contributed by atoms with Crippen LogP contribution in [0.5, 0.6) is 11.5 Å². The zero-order valence-corrected chi connectivity index (χ0v) is 13.8. The molecule has 0 spiro atoms. The largest absolute Gasteiger partial charge is 0.587 e. The van der Waals surface area contributed by atoms with Gasteiger partial charge in [0.15, 0.2) is 0 Å². The SMILES string of the molecule is C=CC(=O)OCCOP(=O)(Oc1ccccc1)Oc1ccccc1. The molecule has 0 heterocycles. The summed E-state index contributed by atoms with van der Waals surface area (Å²) in [5.41, 5.74) is 0. The van der Waals surface area contributed by atoms with Crippen LogP contribution in [0.15, 0.2) is 73.3 Å². The van der Waals surface area contributed by atoms with Crippen LogP contribution in [-0.4, -0.2) is 19.2 Å². The van der Waals surface area contributed by atoms with Crippen LogP contribution in [-0.2, 0) is 18.6 Å². The van der Waals surface area contributed by atoms with Gasteiger partial charge in [-0.05, 0) is 24.3 Å². The first-order valence-corrected chi connectivity index (χ1v) is 8.60. The van der Waals surface area contributed by atoms with Crippen LogP contribution in [0.4, 0.5) is 0 Å². The third-order valence-corrected chi connectivity index (χ3v) is 4.03. The number of esters is 1. The van der Waals surface area contributed by atoms with Gasteiger partial charge in [0.1, 0.15) is 18.1 Å². The van der Waals surface area contributed by atoms with Crippen molar-refractivity contribution in [2.45, 2.75) is 0 Å². The molecule has 0 fully saturated rings. The van der Waals surface area contributed by atoms with E-state index < -0.39 is 13.8 Å². The maximum Gasteiger partial charge on any atom is 0.587 e. The average Bonchev–Trinajstić information content (AvgIpc) is 2.60. The minimum absolute atomic E-state index is 0.106. The molecule has 0 saturated heterocycles. The van der Waals surface area contributed by atoms with Crippen molar-refractivity contribution in [3.63, 3.8) is 0 Å². The van der Waals surface area contributed by atoms with Crippen molar-refractivity contribution in [2.75, 3.05) is 13.2 Å². The van der Waals surface area contributed by atoms with Crippen LogP contribution >= 0.6 is 7.82 Å². The third kappa shape index (κ3) is 5.91. The van der Waals surface area contributed by atoms with Crippen LogP contribution in [0.2, 0.25) is 0 Å². The second-order valence-corrected chi connectivity index (χ2v) is 5.98. The molecular formula is C17H17O6P. The van der Waals surface area contributed by atoms with Crippen molar-refractivity contribution in [3.8, 4) is 11.5 Å².